The highest BCUT2D eigenvalue weighted by Gasteiger charge is 2.31. The van der Waals surface area contributed by atoms with Crippen molar-refractivity contribution in [2.24, 2.45) is 5.92 Å². The van der Waals surface area contributed by atoms with Crippen LogP contribution in [-0.2, 0) is 4.79 Å². The van der Waals surface area contributed by atoms with Gasteiger partial charge < -0.3 is 9.80 Å². The summed E-state index contributed by atoms with van der Waals surface area (Å²) in [6.07, 6.45) is 5.86. The Kier molecular flexibility index (Phi) is 3.63. The predicted molar refractivity (Wildman–Crippen MR) is 77.8 cm³/mol. The monoisotopic (exact) mass is 306 g/mol. The number of carbonyl (C=O) groups is 1. The minimum Gasteiger partial charge on any atom is -0.376 e. The lowest BCUT2D eigenvalue weighted by molar-refractivity contribution is -0.117. The van der Waals surface area contributed by atoms with E-state index in [1.807, 2.05) is 37.2 Å². The van der Waals surface area contributed by atoms with Crippen LogP contribution in [0, 0.1) is 18.3 Å². The van der Waals surface area contributed by atoms with Gasteiger partial charge in [0.2, 0.25) is 5.91 Å². The number of halogens is 1. The molecule has 0 spiro atoms. The molecule has 0 aromatic heterocycles. The Morgan fingerprint density at radius 2 is 2.22 bits per heavy atom. The molecule has 1 aromatic rings. The zero-order valence-electron chi connectivity index (χ0n) is 10.5. The van der Waals surface area contributed by atoms with Crippen molar-refractivity contribution >= 4 is 33.2 Å². The highest BCUT2D eigenvalue weighted by atomic mass is 79.9. The first-order chi connectivity index (χ1) is 8.52. The average Bonchev–Trinajstić information content (AvgIpc) is 2.70. The van der Waals surface area contributed by atoms with Crippen LogP contribution in [0.25, 0.3) is 0 Å². The standard InChI is InChI=1S/C14H15BrN2O/c1-4-10-7-14(18)17(9-10)13-8-11(15)5-6-12(13)16(2)3/h1,5-6,8,10H,7,9H2,2-3H3. The van der Waals surface area contributed by atoms with Gasteiger partial charge in [0.15, 0.2) is 0 Å². The summed E-state index contributed by atoms with van der Waals surface area (Å²) in [6.45, 7) is 0.604. The third-order valence-corrected chi connectivity index (χ3v) is 3.56. The molecular formula is C14H15BrN2O. The fourth-order valence-corrected chi connectivity index (χ4v) is 2.49. The van der Waals surface area contributed by atoms with Crippen LogP contribution in [0.3, 0.4) is 0 Å². The molecule has 0 aliphatic carbocycles. The molecule has 1 amide bonds. The largest absolute Gasteiger partial charge is 0.376 e. The van der Waals surface area contributed by atoms with E-state index >= 15 is 0 Å². The van der Waals surface area contributed by atoms with Gasteiger partial charge in [-0.15, -0.1) is 12.3 Å². The number of rotatable bonds is 2. The van der Waals surface area contributed by atoms with Crippen LogP contribution in [0.5, 0.6) is 0 Å². The maximum atomic E-state index is 12.0. The molecule has 18 heavy (non-hydrogen) atoms. The molecule has 0 bridgehead atoms. The molecule has 0 radical (unpaired) electrons. The van der Waals surface area contributed by atoms with Crippen LogP contribution in [0.1, 0.15) is 6.42 Å². The second kappa shape index (κ2) is 5.03. The van der Waals surface area contributed by atoms with E-state index < -0.39 is 0 Å². The van der Waals surface area contributed by atoms with Crippen molar-refractivity contribution in [3.05, 3.63) is 22.7 Å². The molecule has 1 saturated heterocycles. The smallest absolute Gasteiger partial charge is 0.228 e. The Morgan fingerprint density at radius 3 is 2.78 bits per heavy atom. The fraction of sp³-hybridized carbons (Fsp3) is 0.357. The van der Waals surface area contributed by atoms with E-state index in [1.54, 1.807) is 4.90 Å². The lowest BCUT2D eigenvalue weighted by Crippen LogP contribution is -2.26. The average molecular weight is 307 g/mol. The van der Waals surface area contributed by atoms with E-state index in [-0.39, 0.29) is 11.8 Å². The van der Waals surface area contributed by atoms with Gasteiger partial charge in [0.05, 0.1) is 11.4 Å². The molecular weight excluding hydrogens is 292 g/mol. The van der Waals surface area contributed by atoms with E-state index in [0.717, 1.165) is 15.8 Å². The minimum absolute atomic E-state index is 0.0199. The third-order valence-electron chi connectivity index (χ3n) is 3.07. The van der Waals surface area contributed by atoms with Crippen LogP contribution in [0.2, 0.25) is 0 Å². The summed E-state index contributed by atoms with van der Waals surface area (Å²) >= 11 is 3.45. The Morgan fingerprint density at radius 1 is 1.50 bits per heavy atom. The zero-order chi connectivity index (χ0) is 13.3. The first kappa shape index (κ1) is 13.0. The SMILES string of the molecule is C#CC1CC(=O)N(c2cc(Br)ccc2N(C)C)C1. The summed E-state index contributed by atoms with van der Waals surface area (Å²) < 4.78 is 0.958. The number of hydrogen-bond acceptors (Lipinski definition) is 2. The first-order valence-electron chi connectivity index (χ1n) is 5.76. The van der Waals surface area contributed by atoms with Crippen molar-refractivity contribution in [1.82, 2.24) is 0 Å². The molecule has 2 rings (SSSR count). The van der Waals surface area contributed by atoms with Gasteiger partial charge >= 0.3 is 0 Å². The highest BCUT2D eigenvalue weighted by molar-refractivity contribution is 9.10. The molecule has 1 atom stereocenters. The van der Waals surface area contributed by atoms with Crippen molar-refractivity contribution in [3.63, 3.8) is 0 Å². The van der Waals surface area contributed by atoms with Crippen molar-refractivity contribution in [2.75, 3.05) is 30.4 Å². The van der Waals surface area contributed by atoms with Gasteiger partial charge in [0.1, 0.15) is 0 Å². The summed E-state index contributed by atoms with van der Waals surface area (Å²) in [5, 5.41) is 0. The summed E-state index contributed by atoms with van der Waals surface area (Å²) in [5.41, 5.74) is 1.93. The predicted octanol–water partition coefficient (Wildman–Crippen LogP) is 2.50. The van der Waals surface area contributed by atoms with Crippen LogP contribution >= 0.6 is 15.9 Å². The Bertz CT molecular complexity index is 519. The fourth-order valence-electron chi connectivity index (χ4n) is 2.14. The Balaban J connectivity index is 2.42. The van der Waals surface area contributed by atoms with Gasteiger partial charge in [-0.25, -0.2) is 0 Å². The van der Waals surface area contributed by atoms with Gasteiger partial charge in [-0.05, 0) is 18.2 Å². The van der Waals surface area contributed by atoms with Gasteiger partial charge in [-0.3, -0.25) is 4.79 Å². The quantitative estimate of drug-likeness (QED) is 0.784. The van der Waals surface area contributed by atoms with Crippen LogP contribution in [0.15, 0.2) is 22.7 Å². The molecule has 1 heterocycles. The lowest BCUT2D eigenvalue weighted by Gasteiger charge is -2.24. The van der Waals surface area contributed by atoms with Crippen molar-refractivity contribution in [1.29, 1.82) is 0 Å². The number of benzene rings is 1. The van der Waals surface area contributed by atoms with Gasteiger partial charge in [0.25, 0.3) is 0 Å². The Hall–Kier alpha value is -1.47. The maximum Gasteiger partial charge on any atom is 0.228 e. The number of nitrogens with zero attached hydrogens (tertiary/aromatic N) is 2. The molecule has 3 nitrogen and oxygen atoms in total. The van der Waals surface area contributed by atoms with Crippen LogP contribution in [-0.4, -0.2) is 26.5 Å². The maximum absolute atomic E-state index is 12.0. The number of hydrogen-bond donors (Lipinski definition) is 0. The highest BCUT2D eigenvalue weighted by Crippen LogP contribution is 2.35. The van der Waals surface area contributed by atoms with Crippen LogP contribution < -0.4 is 9.80 Å². The molecule has 1 aliphatic heterocycles. The zero-order valence-corrected chi connectivity index (χ0v) is 12.1. The van der Waals surface area contributed by atoms with Gasteiger partial charge in [0, 0.05) is 37.5 Å². The van der Waals surface area contributed by atoms with Crippen molar-refractivity contribution in [3.8, 4) is 12.3 Å². The molecule has 1 fully saturated rings. The Labute approximate surface area is 116 Å². The van der Waals surface area contributed by atoms with Gasteiger partial charge in [-0.1, -0.05) is 15.9 Å². The summed E-state index contributed by atoms with van der Waals surface area (Å²) in [6, 6.07) is 5.93. The van der Waals surface area contributed by atoms with E-state index in [1.165, 1.54) is 0 Å². The van der Waals surface area contributed by atoms with Crippen LogP contribution in [0.4, 0.5) is 11.4 Å². The second-order valence-corrected chi connectivity index (χ2v) is 5.52. The number of terminal acetylenes is 1. The van der Waals surface area contributed by atoms with E-state index in [9.17, 15) is 4.79 Å². The summed E-state index contributed by atoms with van der Waals surface area (Å²) in [4.78, 5) is 15.8. The first-order valence-corrected chi connectivity index (χ1v) is 6.55. The summed E-state index contributed by atoms with van der Waals surface area (Å²) in [5.74, 6) is 2.79. The van der Waals surface area contributed by atoms with E-state index in [4.69, 9.17) is 6.42 Å². The van der Waals surface area contributed by atoms with Crippen molar-refractivity contribution in [2.45, 2.75) is 6.42 Å². The molecule has 4 heteroatoms. The molecule has 1 unspecified atom stereocenters. The second-order valence-electron chi connectivity index (χ2n) is 4.60. The molecule has 0 N–H and O–H groups in total. The third kappa shape index (κ3) is 2.37. The molecule has 1 aromatic carbocycles. The minimum atomic E-state index is 0.0199. The molecule has 1 aliphatic rings. The lowest BCUT2D eigenvalue weighted by atomic mass is 10.1. The van der Waals surface area contributed by atoms with E-state index in [2.05, 4.69) is 21.9 Å². The van der Waals surface area contributed by atoms with E-state index in [0.29, 0.717) is 13.0 Å². The molecule has 0 saturated carbocycles. The number of anilines is 2. The topological polar surface area (TPSA) is 23.6 Å². The number of carbonyl (C=O) groups excluding carboxylic acids is 1. The number of amides is 1. The normalized spacial score (nSPS) is 18.9. The van der Waals surface area contributed by atoms with Crippen molar-refractivity contribution < 1.29 is 4.79 Å². The molecule has 94 valence electrons. The summed E-state index contributed by atoms with van der Waals surface area (Å²) in [7, 11) is 3.93. The van der Waals surface area contributed by atoms with Gasteiger partial charge in [-0.2, -0.15) is 0 Å².